The van der Waals surface area contributed by atoms with Crippen LogP contribution in [0.15, 0.2) is 0 Å². The summed E-state index contributed by atoms with van der Waals surface area (Å²) in [5, 5.41) is 8.42. The van der Waals surface area contributed by atoms with Crippen LogP contribution in [-0.2, 0) is 14.3 Å². The Morgan fingerprint density at radius 3 is 2.18 bits per heavy atom. The number of carbonyl (C=O) groups is 2. The smallest absolute Gasteiger partial charge is 0.305 e. The van der Waals surface area contributed by atoms with Crippen molar-refractivity contribution in [3.8, 4) is 0 Å². The van der Waals surface area contributed by atoms with Gasteiger partial charge in [0, 0.05) is 12.8 Å². The van der Waals surface area contributed by atoms with Gasteiger partial charge in [-0.2, -0.15) is 0 Å². The molecular formula is C12H24NO4+. The standard InChI is InChI=1S/C12H23NO4/c1-13(2,3)9-10-17-12(16)8-6-4-5-7-11(14)15/h4-10H2,1-3H3/p+1. The van der Waals surface area contributed by atoms with Crippen LogP contribution in [0.1, 0.15) is 32.1 Å². The zero-order valence-corrected chi connectivity index (χ0v) is 11.1. The van der Waals surface area contributed by atoms with Crippen LogP contribution >= 0.6 is 0 Å². The minimum Gasteiger partial charge on any atom is -0.481 e. The molecule has 0 saturated carbocycles. The Bertz CT molecular complexity index is 245. The minimum atomic E-state index is -0.782. The number of nitrogens with zero attached hydrogens (tertiary/aromatic N) is 1. The van der Waals surface area contributed by atoms with Crippen LogP contribution in [0, 0.1) is 0 Å². The van der Waals surface area contributed by atoms with Gasteiger partial charge in [-0.25, -0.2) is 0 Å². The van der Waals surface area contributed by atoms with Gasteiger partial charge < -0.3 is 14.3 Å². The van der Waals surface area contributed by atoms with Gasteiger partial charge in [0.15, 0.2) is 0 Å². The molecule has 0 saturated heterocycles. The van der Waals surface area contributed by atoms with Gasteiger partial charge in [0.25, 0.3) is 0 Å². The second-order valence-electron chi connectivity index (χ2n) is 5.19. The second kappa shape index (κ2) is 8.06. The van der Waals surface area contributed by atoms with Gasteiger partial charge in [-0.3, -0.25) is 9.59 Å². The highest BCUT2D eigenvalue weighted by atomic mass is 16.5. The Kier molecular flexibility index (Phi) is 7.54. The fourth-order valence-corrected chi connectivity index (χ4v) is 1.23. The van der Waals surface area contributed by atoms with Crippen LogP contribution in [0.4, 0.5) is 0 Å². The summed E-state index contributed by atoms with van der Waals surface area (Å²) in [6, 6.07) is 0. The molecule has 0 heterocycles. The van der Waals surface area contributed by atoms with Gasteiger partial charge in [0.1, 0.15) is 13.2 Å². The largest absolute Gasteiger partial charge is 0.481 e. The van der Waals surface area contributed by atoms with Crippen molar-refractivity contribution in [2.45, 2.75) is 32.1 Å². The molecule has 100 valence electrons. The number of hydrogen-bond acceptors (Lipinski definition) is 3. The third-order valence-electron chi connectivity index (χ3n) is 2.30. The molecule has 0 aliphatic rings. The van der Waals surface area contributed by atoms with E-state index in [4.69, 9.17) is 9.84 Å². The maximum atomic E-state index is 11.3. The maximum absolute atomic E-state index is 11.3. The molecule has 0 spiro atoms. The normalized spacial score (nSPS) is 11.2. The molecule has 0 radical (unpaired) electrons. The summed E-state index contributed by atoms with van der Waals surface area (Å²) < 4.78 is 5.84. The van der Waals surface area contributed by atoms with Crippen molar-refractivity contribution in [3.05, 3.63) is 0 Å². The van der Waals surface area contributed by atoms with Crippen molar-refractivity contribution < 1.29 is 23.9 Å². The van der Waals surface area contributed by atoms with Gasteiger partial charge in [0.2, 0.25) is 0 Å². The number of carboxylic acids is 1. The average molecular weight is 246 g/mol. The molecule has 5 nitrogen and oxygen atoms in total. The van der Waals surface area contributed by atoms with Crippen LogP contribution < -0.4 is 0 Å². The molecule has 0 rings (SSSR count). The SMILES string of the molecule is C[N+](C)(C)CCOC(=O)CCCCCC(=O)O. The van der Waals surface area contributed by atoms with E-state index in [0.29, 0.717) is 25.9 Å². The number of likely N-dealkylation sites (N-methyl/N-ethyl adjacent to an activating group) is 1. The first-order valence-corrected chi connectivity index (χ1v) is 5.99. The lowest BCUT2D eigenvalue weighted by Gasteiger charge is -2.23. The van der Waals surface area contributed by atoms with Crippen molar-refractivity contribution in [2.75, 3.05) is 34.3 Å². The number of unbranched alkanes of at least 4 members (excludes halogenated alkanes) is 2. The lowest BCUT2D eigenvalue weighted by molar-refractivity contribution is -0.870. The fraction of sp³-hybridized carbons (Fsp3) is 0.833. The number of rotatable bonds is 9. The third-order valence-corrected chi connectivity index (χ3v) is 2.30. The van der Waals surface area contributed by atoms with Gasteiger partial charge >= 0.3 is 11.9 Å². The first-order chi connectivity index (χ1) is 7.81. The topological polar surface area (TPSA) is 63.6 Å². The number of esters is 1. The lowest BCUT2D eigenvalue weighted by atomic mass is 10.1. The molecule has 0 atom stereocenters. The molecule has 0 bridgehead atoms. The van der Waals surface area contributed by atoms with E-state index >= 15 is 0 Å². The Morgan fingerprint density at radius 1 is 1.06 bits per heavy atom. The van der Waals surface area contributed by atoms with E-state index in [2.05, 4.69) is 0 Å². The van der Waals surface area contributed by atoms with E-state index in [-0.39, 0.29) is 12.4 Å². The van der Waals surface area contributed by atoms with Crippen molar-refractivity contribution in [2.24, 2.45) is 0 Å². The predicted molar refractivity (Wildman–Crippen MR) is 64.6 cm³/mol. The lowest BCUT2D eigenvalue weighted by Crippen LogP contribution is -2.37. The summed E-state index contributed by atoms with van der Waals surface area (Å²) in [4.78, 5) is 21.5. The molecular weight excluding hydrogens is 222 g/mol. The summed E-state index contributed by atoms with van der Waals surface area (Å²) in [7, 11) is 6.12. The van der Waals surface area contributed by atoms with E-state index < -0.39 is 5.97 Å². The molecule has 0 amide bonds. The molecule has 5 heteroatoms. The van der Waals surface area contributed by atoms with E-state index in [1.54, 1.807) is 0 Å². The van der Waals surface area contributed by atoms with Crippen LogP contribution in [0.2, 0.25) is 0 Å². The quantitative estimate of drug-likeness (QED) is 0.378. The predicted octanol–water partition coefficient (Wildman–Crippen LogP) is 1.27. The number of carboxylic acid groups (broad SMARTS) is 1. The third kappa shape index (κ3) is 12.8. The molecule has 0 aliphatic carbocycles. The zero-order chi connectivity index (χ0) is 13.3. The number of carbonyl (C=O) groups excluding carboxylic acids is 1. The van der Waals surface area contributed by atoms with E-state index in [1.807, 2.05) is 21.1 Å². The molecule has 0 aromatic heterocycles. The molecule has 0 unspecified atom stereocenters. The van der Waals surface area contributed by atoms with E-state index in [9.17, 15) is 9.59 Å². The Morgan fingerprint density at radius 2 is 1.65 bits per heavy atom. The number of aliphatic carboxylic acids is 1. The van der Waals surface area contributed by atoms with Crippen LogP contribution in [0.5, 0.6) is 0 Å². The van der Waals surface area contributed by atoms with Gasteiger partial charge in [-0.15, -0.1) is 0 Å². The average Bonchev–Trinajstić information content (AvgIpc) is 2.14. The Balaban J connectivity index is 3.38. The summed E-state index contributed by atoms with van der Waals surface area (Å²) in [6.45, 7) is 1.24. The van der Waals surface area contributed by atoms with Crippen molar-refractivity contribution in [1.29, 1.82) is 0 Å². The fourth-order valence-electron chi connectivity index (χ4n) is 1.23. The van der Waals surface area contributed by atoms with E-state index in [0.717, 1.165) is 17.4 Å². The van der Waals surface area contributed by atoms with Gasteiger partial charge in [-0.1, -0.05) is 6.42 Å². The van der Waals surface area contributed by atoms with Gasteiger partial charge in [-0.05, 0) is 12.8 Å². The highest BCUT2D eigenvalue weighted by molar-refractivity contribution is 5.69. The highest BCUT2D eigenvalue weighted by Crippen LogP contribution is 2.04. The van der Waals surface area contributed by atoms with Crippen molar-refractivity contribution >= 4 is 11.9 Å². The Labute approximate surface area is 103 Å². The summed E-state index contributed by atoms with van der Waals surface area (Å²) in [6.07, 6.45) is 2.65. The van der Waals surface area contributed by atoms with Crippen LogP contribution in [0.25, 0.3) is 0 Å². The van der Waals surface area contributed by atoms with E-state index in [1.165, 1.54) is 0 Å². The molecule has 0 aromatic carbocycles. The summed E-state index contributed by atoms with van der Waals surface area (Å²) in [5.74, 6) is -0.968. The monoisotopic (exact) mass is 246 g/mol. The van der Waals surface area contributed by atoms with Crippen LogP contribution in [0.3, 0.4) is 0 Å². The molecule has 0 aromatic rings. The second-order valence-corrected chi connectivity index (χ2v) is 5.19. The van der Waals surface area contributed by atoms with Crippen LogP contribution in [-0.4, -0.2) is 55.8 Å². The maximum Gasteiger partial charge on any atom is 0.305 e. The molecule has 17 heavy (non-hydrogen) atoms. The Hall–Kier alpha value is -1.10. The zero-order valence-electron chi connectivity index (χ0n) is 11.1. The molecule has 0 fully saturated rings. The summed E-state index contributed by atoms with van der Waals surface area (Å²) in [5.41, 5.74) is 0. The van der Waals surface area contributed by atoms with Crippen molar-refractivity contribution in [3.63, 3.8) is 0 Å². The minimum absolute atomic E-state index is 0.177. The molecule has 1 N–H and O–H groups in total. The first kappa shape index (κ1) is 15.9. The first-order valence-electron chi connectivity index (χ1n) is 5.99. The number of quaternary nitrogens is 1. The number of ether oxygens (including phenoxy) is 1. The van der Waals surface area contributed by atoms with Crippen molar-refractivity contribution in [1.82, 2.24) is 0 Å². The highest BCUT2D eigenvalue weighted by Gasteiger charge is 2.09. The summed E-state index contributed by atoms with van der Waals surface area (Å²) >= 11 is 0. The number of hydrogen-bond donors (Lipinski definition) is 1. The van der Waals surface area contributed by atoms with Gasteiger partial charge in [0.05, 0.1) is 21.1 Å². The molecule has 0 aliphatic heterocycles.